The summed E-state index contributed by atoms with van der Waals surface area (Å²) in [6.07, 6.45) is 0. The van der Waals surface area contributed by atoms with Crippen molar-refractivity contribution in [3.63, 3.8) is 0 Å². The van der Waals surface area contributed by atoms with Crippen LogP contribution < -0.4 is 10.2 Å². The van der Waals surface area contributed by atoms with E-state index in [0.29, 0.717) is 18.8 Å². The van der Waals surface area contributed by atoms with E-state index < -0.39 is 10.7 Å². The maximum atomic E-state index is 13.4. The van der Waals surface area contributed by atoms with Gasteiger partial charge in [0.15, 0.2) is 0 Å². The molecule has 1 N–H and O–H groups in total. The summed E-state index contributed by atoms with van der Waals surface area (Å²) in [7, 11) is 0. The fourth-order valence-electron chi connectivity index (χ4n) is 2.45. The van der Waals surface area contributed by atoms with Crippen LogP contribution >= 0.6 is 11.6 Å². The summed E-state index contributed by atoms with van der Waals surface area (Å²) in [4.78, 5) is 12.3. The minimum absolute atomic E-state index is 0.0977. The van der Waals surface area contributed by atoms with Gasteiger partial charge in [0, 0.05) is 25.2 Å². The summed E-state index contributed by atoms with van der Waals surface area (Å²) in [5.41, 5.74) is 0.125. The molecule has 0 amide bonds. The molecule has 5 nitrogen and oxygen atoms in total. The Morgan fingerprint density at radius 2 is 2.00 bits per heavy atom. The maximum absolute atomic E-state index is 13.4. The van der Waals surface area contributed by atoms with E-state index in [2.05, 4.69) is 5.32 Å². The standard InChI is InChI=1S/C12H15ClFN3O2/c1-7-5-16(6-8(2)15-7)11-3-9(13)10(14)4-12(11)17(18)19/h3-4,7-8,15H,5-6H2,1-2H3. The summed E-state index contributed by atoms with van der Waals surface area (Å²) in [6, 6.07) is 2.62. The second-order valence-electron chi connectivity index (χ2n) is 4.89. The number of anilines is 1. The number of halogens is 2. The average Bonchev–Trinajstić information content (AvgIpc) is 2.30. The van der Waals surface area contributed by atoms with E-state index in [1.165, 1.54) is 6.07 Å². The third-order valence-corrected chi connectivity index (χ3v) is 3.40. The molecule has 0 aromatic heterocycles. The van der Waals surface area contributed by atoms with E-state index in [1.54, 1.807) is 0 Å². The lowest BCUT2D eigenvalue weighted by Gasteiger charge is -2.37. The predicted octanol–water partition coefficient (Wildman–Crippen LogP) is 2.57. The van der Waals surface area contributed by atoms with Crippen molar-refractivity contribution in [2.24, 2.45) is 0 Å². The van der Waals surface area contributed by atoms with Gasteiger partial charge in [0.25, 0.3) is 5.69 Å². The van der Waals surface area contributed by atoms with E-state index in [4.69, 9.17) is 11.6 Å². The highest BCUT2D eigenvalue weighted by Gasteiger charge is 2.27. The Kier molecular flexibility index (Phi) is 3.91. The Morgan fingerprint density at radius 3 is 2.53 bits per heavy atom. The zero-order valence-electron chi connectivity index (χ0n) is 10.7. The normalized spacial score (nSPS) is 23.5. The first-order chi connectivity index (χ1) is 8.88. The first-order valence-corrected chi connectivity index (χ1v) is 6.40. The monoisotopic (exact) mass is 287 g/mol. The van der Waals surface area contributed by atoms with Crippen molar-refractivity contribution in [1.82, 2.24) is 5.32 Å². The number of benzene rings is 1. The van der Waals surface area contributed by atoms with E-state index in [1.807, 2.05) is 18.7 Å². The number of nitro benzene ring substituents is 1. The number of piperazine rings is 1. The van der Waals surface area contributed by atoms with Crippen molar-refractivity contribution in [1.29, 1.82) is 0 Å². The van der Waals surface area contributed by atoms with E-state index in [-0.39, 0.29) is 22.8 Å². The number of nitrogens with one attached hydrogen (secondary N) is 1. The zero-order valence-corrected chi connectivity index (χ0v) is 11.4. The highest BCUT2D eigenvalue weighted by Crippen LogP contribution is 2.34. The SMILES string of the molecule is CC1CN(c2cc(Cl)c(F)cc2[N+](=O)[O-])CC(C)N1. The van der Waals surface area contributed by atoms with Gasteiger partial charge in [0.1, 0.15) is 11.5 Å². The second kappa shape index (κ2) is 5.30. The molecule has 2 atom stereocenters. The fraction of sp³-hybridized carbons (Fsp3) is 0.500. The van der Waals surface area contributed by atoms with Gasteiger partial charge in [0.05, 0.1) is 16.0 Å². The Bertz CT molecular complexity index is 502. The van der Waals surface area contributed by atoms with Crippen molar-refractivity contribution in [2.45, 2.75) is 25.9 Å². The van der Waals surface area contributed by atoms with Crippen LogP contribution in [-0.2, 0) is 0 Å². The molecule has 0 aliphatic carbocycles. The number of hydrogen-bond donors (Lipinski definition) is 1. The van der Waals surface area contributed by atoms with Gasteiger partial charge in [-0.15, -0.1) is 0 Å². The van der Waals surface area contributed by atoms with Crippen LogP contribution in [0.1, 0.15) is 13.8 Å². The summed E-state index contributed by atoms with van der Waals surface area (Å²) in [5, 5.41) is 14.3. The van der Waals surface area contributed by atoms with E-state index >= 15 is 0 Å². The Hall–Kier alpha value is -1.40. The molecule has 104 valence electrons. The van der Waals surface area contributed by atoms with Crippen LogP contribution in [0.15, 0.2) is 12.1 Å². The minimum Gasteiger partial charge on any atom is -0.363 e. The number of rotatable bonds is 2. The van der Waals surface area contributed by atoms with Crippen LogP contribution in [0.4, 0.5) is 15.8 Å². The molecule has 7 heteroatoms. The lowest BCUT2D eigenvalue weighted by atomic mass is 10.1. The number of nitrogens with zero attached hydrogens (tertiary/aromatic N) is 2. The number of nitro groups is 1. The van der Waals surface area contributed by atoms with Crippen LogP contribution in [0.5, 0.6) is 0 Å². The maximum Gasteiger partial charge on any atom is 0.295 e. The molecule has 19 heavy (non-hydrogen) atoms. The summed E-state index contributed by atoms with van der Waals surface area (Å²) in [6.45, 7) is 5.24. The average molecular weight is 288 g/mol. The molecule has 1 saturated heterocycles. The molecular formula is C12H15ClFN3O2. The third-order valence-electron chi connectivity index (χ3n) is 3.11. The molecule has 1 aromatic rings. The molecule has 1 heterocycles. The van der Waals surface area contributed by atoms with Crippen molar-refractivity contribution in [3.05, 3.63) is 33.1 Å². The third kappa shape index (κ3) is 2.96. The van der Waals surface area contributed by atoms with Gasteiger partial charge in [-0.1, -0.05) is 11.6 Å². The molecular weight excluding hydrogens is 273 g/mol. The van der Waals surface area contributed by atoms with Gasteiger partial charge >= 0.3 is 0 Å². The van der Waals surface area contributed by atoms with Crippen LogP contribution in [0, 0.1) is 15.9 Å². The molecule has 0 radical (unpaired) electrons. The number of hydrogen-bond acceptors (Lipinski definition) is 4. The molecule has 1 aliphatic heterocycles. The summed E-state index contributed by atoms with van der Waals surface area (Å²) < 4.78 is 13.4. The Morgan fingerprint density at radius 1 is 1.42 bits per heavy atom. The highest BCUT2D eigenvalue weighted by atomic mass is 35.5. The van der Waals surface area contributed by atoms with Crippen molar-refractivity contribution in [3.8, 4) is 0 Å². The second-order valence-corrected chi connectivity index (χ2v) is 5.29. The minimum atomic E-state index is -0.770. The van der Waals surface area contributed by atoms with Crippen LogP contribution in [-0.4, -0.2) is 30.1 Å². The summed E-state index contributed by atoms with van der Waals surface area (Å²) in [5.74, 6) is -0.770. The van der Waals surface area contributed by atoms with E-state index in [9.17, 15) is 14.5 Å². The molecule has 1 aliphatic rings. The van der Waals surface area contributed by atoms with Crippen molar-refractivity contribution < 1.29 is 9.31 Å². The fourth-order valence-corrected chi connectivity index (χ4v) is 2.61. The van der Waals surface area contributed by atoms with Gasteiger partial charge in [-0.3, -0.25) is 10.1 Å². The molecule has 0 bridgehead atoms. The Labute approximate surface area is 115 Å². The molecule has 1 fully saturated rings. The van der Waals surface area contributed by atoms with Gasteiger partial charge in [-0.2, -0.15) is 0 Å². The van der Waals surface area contributed by atoms with Gasteiger partial charge in [0.2, 0.25) is 0 Å². The van der Waals surface area contributed by atoms with Gasteiger partial charge in [-0.25, -0.2) is 4.39 Å². The van der Waals surface area contributed by atoms with Gasteiger partial charge < -0.3 is 10.2 Å². The molecule has 1 aromatic carbocycles. The topological polar surface area (TPSA) is 58.4 Å². The van der Waals surface area contributed by atoms with Crippen molar-refractivity contribution in [2.75, 3.05) is 18.0 Å². The molecule has 0 spiro atoms. The molecule has 2 rings (SSSR count). The van der Waals surface area contributed by atoms with Crippen LogP contribution in [0.3, 0.4) is 0 Å². The summed E-state index contributed by atoms with van der Waals surface area (Å²) >= 11 is 5.74. The van der Waals surface area contributed by atoms with Crippen molar-refractivity contribution >= 4 is 23.0 Å². The Balaban J connectivity index is 2.42. The highest BCUT2D eigenvalue weighted by molar-refractivity contribution is 6.31. The smallest absolute Gasteiger partial charge is 0.295 e. The van der Waals surface area contributed by atoms with E-state index in [0.717, 1.165) is 6.07 Å². The van der Waals surface area contributed by atoms with Crippen LogP contribution in [0.25, 0.3) is 0 Å². The zero-order chi connectivity index (χ0) is 14.2. The largest absolute Gasteiger partial charge is 0.363 e. The lowest BCUT2D eigenvalue weighted by Crippen LogP contribution is -2.54. The lowest BCUT2D eigenvalue weighted by molar-refractivity contribution is -0.384. The molecule has 0 saturated carbocycles. The van der Waals surface area contributed by atoms with Crippen LogP contribution in [0.2, 0.25) is 5.02 Å². The van der Waals surface area contributed by atoms with Gasteiger partial charge in [-0.05, 0) is 19.9 Å². The predicted molar refractivity (Wildman–Crippen MR) is 72.3 cm³/mol. The quantitative estimate of drug-likeness (QED) is 0.671. The molecule has 2 unspecified atom stereocenters. The first kappa shape index (κ1) is 14.0. The first-order valence-electron chi connectivity index (χ1n) is 6.03.